The van der Waals surface area contributed by atoms with Gasteiger partial charge in [-0.1, -0.05) is 19.0 Å². The first kappa shape index (κ1) is 15.5. The van der Waals surface area contributed by atoms with Crippen molar-refractivity contribution >= 4 is 21.6 Å². The van der Waals surface area contributed by atoms with Crippen molar-refractivity contribution < 1.29 is 12.9 Å². The molecule has 0 amide bonds. The van der Waals surface area contributed by atoms with E-state index in [9.17, 15) is 8.42 Å². The van der Waals surface area contributed by atoms with Gasteiger partial charge in [0.1, 0.15) is 10.6 Å². The Kier molecular flexibility index (Phi) is 4.80. The molecule has 1 heterocycles. The highest BCUT2D eigenvalue weighted by molar-refractivity contribution is 7.89. The van der Waals surface area contributed by atoms with Crippen LogP contribution in [0.2, 0.25) is 0 Å². The summed E-state index contributed by atoms with van der Waals surface area (Å²) in [6.45, 7) is 6.99. The van der Waals surface area contributed by atoms with Crippen LogP contribution >= 0.6 is 11.6 Å². The lowest BCUT2D eigenvalue weighted by Crippen LogP contribution is -2.49. The largest absolute Gasteiger partial charge is 0.360 e. The highest BCUT2D eigenvalue weighted by Gasteiger charge is 2.34. The summed E-state index contributed by atoms with van der Waals surface area (Å²) >= 11 is 5.91. The number of alkyl halides is 1. The Morgan fingerprint density at radius 2 is 1.89 bits per heavy atom. The first-order valence-corrected chi connectivity index (χ1v) is 7.86. The van der Waals surface area contributed by atoms with Crippen molar-refractivity contribution in [2.45, 2.75) is 51.0 Å². The van der Waals surface area contributed by atoms with Crippen LogP contribution in [0.1, 0.15) is 38.1 Å². The standard InChI is InChI=1S/C11H19ClN2O3S/c1-5-11(6-2,7-12)14-18(15,16)10-8(3)13-17-9(10)4/h14H,5-7H2,1-4H3. The van der Waals surface area contributed by atoms with Crippen molar-refractivity contribution in [1.29, 1.82) is 0 Å². The first-order chi connectivity index (χ1) is 8.32. The second-order valence-corrected chi connectivity index (χ2v) is 6.27. The summed E-state index contributed by atoms with van der Waals surface area (Å²) in [5.74, 6) is 0.512. The number of rotatable bonds is 6. The maximum absolute atomic E-state index is 12.4. The van der Waals surface area contributed by atoms with E-state index in [0.717, 1.165) is 0 Å². The fourth-order valence-electron chi connectivity index (χ4n) is 1.80. The van der Waals surface area contributed by atoms with Crippen LogP contribution in [0.15, 0.2) is 9.42 Å². The molecule has 0 bridgehead atoms. The van der Waals surface area contributed by atoms with Gasteiger partial charge < -0.3 is 4.52 Å². The third kappa shape index (κ3) is 2.87. The molecule has 5 nitrogen and oxygen atoms in total. The summed E-state index contributed by atoms with van der Waals surface area (Å²) in [6.07, 6.45) is 1.24. The zero-order valence-corrected chi connectivity index (χ0v) is 12.7. The number of nitrogens with one attached hydrogen (secondary N) is 1. The number of sulfonamides is 1. The number of nitrogens with zero attached hydrogens (tertiary/aromatic N) is 1. The molecule has 0 spiro atoms. The van der Waals surface area contributed by atoms with E-state index in [1.54, 1.807) is 13.8 Å². The number of hydrogen-bond acceptors (Lipinski definition) is 4. The predicted molar refractivity (Wildman–Crippen MR) is 70.3 cm³/mol. The van der Waals surface area contributed by atoms with Crippen molar-refractivity contribution in [1.82, 2.24) is 9.88 Å². The molecule has 0 aliphatic heterocycles. The minimum absolute atomic E-state index is 0.110. The Bertz CT molecular complexity index is 479. The number of halogens is 1. The molecule has 0 aliphatic carbocycles. The first-order valence-electron chi connectivity index (χ1n) is 5.84. The zero-order valence-electron chi connectivity index (χ0n) is 11.1. The molecule has 0 aromatic carbocycles. The maximum Gasteiger partial charge on any atom is 0.246 e. The molecule has 1 aromatic rings. The Labute approximate surface area is 113 Å². The topological polar surface area (TPSA) is 72.2 Å². The quantitative estimate of drug-likeness (QED) is 0.818. The lowest BCUT2D eigenvalue weighted by Gasteiger charge is -2.30. The normalized spacial score (nSPS) is 12.9. The Hall–Kier alpha value is -0.590. The van der Waals surface area contributed by atoms with Crippen LogP contribution in [0.4, 0.5) is 0 Å². The van der Waals surface area contributed by atoms with Crippen molar-refractivity contribution in [3.63, 3.8) is 0 Å². The van der Waals surface area contributed by atoms with Gasteiger partial charge in [0.2, 0.25) is 10.0 Å². The average Bonchev–Trinajstić information content (AvgIpc) is 2.67. The highest BCUT2D eigenvalue weighted by Crippen LogP contribution is 2.24. The SMILES string of the molecule is CCC(CC)(CCl)NS(=O)(=O)c1c(C)noc1C. The number of hydrogen-bond donors (Lipinski definition) is 1. The van der Waals surface area contributed by atoms with Gasteiger partial charge in [-0.15, -0.1) is 11.6 Å². The van der Waals surface area contributed by atoms with Crippen LogP contribution in [0.5, 0.6) is 0 Å². The van der Waals surface area contributed by atoms with Gasteiger partial charge >= 0.3 is 0 Å². The van der Waals surface area contributed by atoms with Gasteiger partial charge in [-0.25, -0.2) is 13.1 Å². The third-order valence-corrected chi connectivity index (χ3v) is 5.53. The van der Waals surface area contributed by atoms with E-state index < -0.39 is 15.6 Å². The lowest BCUT2D eigenvalue weighted by molar-refractivity contribution is 0.386. The number of aromatic nitrogens is 1. The summed E-state index contributed by atoms with van der Waals surface area (Å²) in [7, 11) is -3.66. The van der Waals surface area contributed by atoms with E-state index in [1.165, 1.54) is 0 Å². The summed E-state index contributed by atoms with van der Waals surface area (Å²) in [6, 6.07) is 0. The summed E-state index contributed by atoms with van der Waals surface area (Å²) in [5, 5.41) is 3.66. The second-order valence-electron chi connectivity index (χ2n) is 4.38. The highest BCUT2D eigenvalue weighted by atomic mass is 35.5. The Morgan fingerprint density at radius 1 is 1.33 bits per heavy atom. The molecular weight excluding hydrogens is 276 g/mol. The molecule has 0 radical (unpaired) electrons. The van der Waals surface area contributed by atoms with Crippen LogP contribution in [0.25, 0.3) is 0 Å². The molecule has 1 rings (SSSR count). The van der Waals surface area contributed by atoms with Gasteiger partial charge in [-0.3, -0.25) is 0 Å². The molecule has 0 aliphatic rings. The Morgan fingerprint density at radius 3 is 2.22 bits per heavy atom. The Balaban J connectivity index is 3.17. The summed E-state index contributed by atoms with van der Waals surface area (Å²) in [5.41, 5.74) is -0.271. The fraction of sp³-hybridized carbons (Fsp3) is 0.727. The van der Waals surface area contributed by atoms with Crippen LogP contribution < -0.4 is 4.72 Å². The van der Waals surface area contributed by atoms with Crippen LogP contribution in [0.3, 0.4) is 0 Å². The van der Waals surface area contributed by atoms with Crippen molar-refractivity contribution in [2.24, 2.45) is 0 Å². The molecule has 0 saturated carbocycles. The minimum Gasteiger partial charge on any atom is -0.360 e. The molecule has 1 aromatic heterocycles. The molecule has 0 atom stereocenters. The maximum atomic E-state index is 12.4. The summed E-state index contributed by atoms with van der Waals surface area (Å²) in [4.78, 5) is 0.110. The zero-order chi connectivity index (χ0) is 14.0. The molecule has 7 heteroatoms. The molecule has 0 fully saturated rings. The van der Waals surface area contributed by atoms with E-state index in [4.69, 9.17) is 16.1 Å². The molecule has 18 heavy (non-hydrogen) atoms. The molecule has 104 valence electrons. The summed E-state index contributed by atoms with van der Waals surface area (Å²) < 4.78 is 32.3. The van der Waals surface area contributed by atoms with E-state index in [0.29, 0.717) is 18.5 Å². The van der Waals surface area contributed by atoms with Crippen molar-refractivity contribution in [3.05, 3.63) is 11.5 Å². The number of aryl methyl sites for hydroxylation is 2. The van der Waals surface area contributed by atoms with Gasteiger partial charge in [-0.2, -0.15) is 0 Å². The fourth-order valence-corrected chi connectivity index (χ4v) is 4.20. The third-order valence-electron chi connectivity index (χ3n) is 3.20. The van der Waals surface area contributed by atoms with Crippen LogP contribution in [-0.2, 0) is 10.0 Å². The predicted octanol–water partition coefficient (Wildman–Crippen LogP) is 2.37. The van der Waals surface area contributed by atoms with Gasteiger partial charge in [0.15, 0.2) is 5.76 Å². The minimum atomic E-state index is -3.66. The van der Waals surface area contributed by atoms with Crippen LogP contribution in [-0.4, -0.2) is 25.0 Å². The van der Waals surface area contributed by atoms with E-state index in [2.05, 4.69) is 9.88 Å². The monoisotopic (exact) mass is 294 g/mol. The molecule has 1 N–H and O–H groups in total. The van der Waals surface area contributed by atoms with Crippen molar-refractivity contribution in [2.75, 3.05) is 5.88 Å². The lowest BCUT2D eigenvalue weighted by atomic mass is 9.97. The van der Waals surface area contributed by atoms with E-state index >= 15 is 0 Å². The van der Waals surface area contributed by atoms with Gasteiger partial charge in [0.25, 0.3) is 0 Å². The molecular formula is C11H19ClN2O3S. The molecule has 0 saturated heterocycles. The van der Waals surface area contributed by atoms with E-state index in [-0.39, 0.29) is 16.5 Å². The second kappa shape index (κ2) is 5.59. The van der Waals surface area contributed by atoms with Gasteiger partial charge in [0.05, 0.1) is 0 Å². The molecule has 0 unspecified atom stereocenters. The smallest absolute Gasteiger partial charge is 0.246 e. The van der Waals surface area contributed by atoms with E-state index in [1.807, 2.05) is 13.8 Å². The van der Waals surface area contributed by atoms with Crippen LogP contribution in [0, 0.1) is 13.8 Å². The van der Waals surface area contributed by atoms with Gasteiger partial charge in [0, 0.05) is 11.4 Å². The van der Waals surface area contributed by atoms with Crippen molar-refractivity contribution in [3.8, 4) is 0 Å². The van der Waals surface area contributed by atoms with Gasteiger partial charge in [-0.05, 0) is 26.7 Å². The average molecular weight is 295 g/mol.